The highest BCUT2D eigenvalue weighted by Crippen LogP contribution is 2.41. The lowest BCUT2D eigenvalue weighted by Crippen LogP contribution is -2.32. The van der Waals surface area contributed by atoms with Gasteiger partial charge in [-0.2, -0.15) is 0 Å². The predicted octanol–water partition coefficient (Wildman–Crippen LogP) is 2.78. The summed E-state index contributed by atoms with van der Waals surface area (Å²) in [5, 5.41) is 0. The molecule has 1 aromatic carbocycles. The van der Waals surface area contributed by atoms with E-state index in [1.165, 1.54) is 0 Å². The van der Waals surface area contributed by atoms with E-state index in [4.69, 9.17) is 4.74 Å². The van der Waals surface area contributed by atoms with E-state index in [9.17, 15) is 4.79 Å². The van der Waals surface area contributed by atoms with Crippen LogP contribution in [0.4, 0.5) is 5.69 Å². The summed E-state index contributed by atoms with van der Waals surface area (Å²) in [5.74, 6) is 0.383. The van der Waals surface area contributed by atoms with E-state index >= 15 is 0 Å². The molecule has 0 saturated heterocycles. The fourth-order valence-electron chi connectivity index (χ4n) is 3.02. The number of aromatic nitrogens is 1. The second-order valence-corrected chi connectivity index (χ2v) is 5.77. The van der Waals surface area contributed by atoms with Gasteiger partial charge in [0, 0.05) is 25.2 Å². The van der Waals surface area contributed by atoms with E-state index in [-0.39, 0.29) is 11.4 Å². The van der Waals surface area contributed by atoms with Crippen molar-refractivity contribution in [3.8, 4) is 5.75 Å². The highest BCUT2D eigenvalue weighted by molar-refractivity contribution is 5.76. The number of likely N-dealkylation sites (N-methyl/N-ethyl adjacent to an activating group) is 1. The molecule has 21 heavy (non-hydrogen) atoms. The molecule has 1 aromatic heterocycles. The first-order chi connectivity index (χ1) is 10.1. The average Bonchev–Trinajstić information content (AvgIpc) is 2.72. The number of rotatable bonds is 3. The summed E-state index contributed by atoms with van der Waals surface area (Å²) in [6, 6.07) is 11.2. The Labute approximate surface area is 124 Å². The minimum Gasteiger partial charge on any atom is -0.427 e. The molecule has 2 heterocycles. The molecule has 1 aliphatic heterocycles. The fraction of sp³-hybridized carbons (Fsp3) is 0.294. The van der Waals surface area contributed by atoms with Crippen LogP contribution in [-0.2, 0) is 10.2 Å². The molecule has 4 heteroatoms. The minimum absolute atomic E-state index is 0.207. The molecule has 1 atom stereocenters. The van der Waals surface area contributed by atoms with Crippen LogP contribution in [0, 0.1) is 0 Å². The number of hydrogen-bond acceptors (Lipinski definition) is 4. The van der Waals surface area contributed by atoms with E-state index in [0.29, 0.717) is 12.2 Å². The van der Waals surface area contributed by atoms with Crippen molar-refractivity contribution in [3.05, 3.63) is 54.4 Å². The maximum absolute atomic E-state index is 12.2. The summed E-state index contributed by atoms with van der Waals surface area (Å²) in [7, 11) is 2.02. The van der Waals surface area contributed by atoms with E-state index in [1.54, 1.807) is 18.3 Å². The Bertz CT molecular complexity index is 657. The number of anilines is 1. The lowest BCUT2D eigenvalue weighted by molar-refractivity contribution is -0.135. The number of esters is 1. The first-order valence-corrected chi connectivity index (χ1v) is 7.00. The number of pyridine rings is 1. The van der Waals surface area contributed by atoms with Gasteiger partial charge in [0.25, 0.3) is 0 Å². The third kappa shape index (κ3) is 2.61. The molecule has 3 rings (SSSR count). The quantitative estimate of drug-likeness (QED) is 0.641. The van der Waals surface area contributed by atoms with Gasteiger partial charge in [0.1, 0.15) is 5.75 Å². The summed E-state index contributed by atoms with van der Waals surface area (Å²) in [6.07, 6.45) is 3.98. The molecule has 1 unspecified atom stereocenters. The largest absolute Gasteiger partial charge is 0.427 e. The monoisotopic (exact) mass is 282 g/mol. The Kier molecular flexibility index (Phi) is 3.37. The van der Waals surface area contributed by atoms with Crippen LogP contribution in [0.15, 0.2) is 48.8 Å². The molecule has 4 nitrogen and oxygen atoms in total. The van der Waals surface area contributed by atoms with Crippen molar-refractivity contribution in [2.45, 2.75) is 18.8 Å². The van der Waals surface area contributed by atoms with E-state index < -0.39 is 0 Å². The Morgan fingerprint density at radius 1 is 1.33 bits per heavy atom. The molecule has 1 aliphatic rings. The van der Waals surface area contributed by atoms with Gasteiger partial charge in [0.2, 0.25) is 0 Å². The first kappa shape index (κ1) is 13.6. The maximum Gasteiger partial charge on any atom is 0.312 e. The normalized spacial score (nSPS) is 20.2. The summed E-state index contributed by atoms with van der Waals surface area (Å²) in [6.45, 7) is 2.89. The van der Waals surface area contributed by atoms with Gasteiger partial charge in [-0.25, -0.2) is 0 Å². The Morgan fingerprint density at radius 3 is 2.86 bits per heavy atom. The Hall–Kier alpha value is -2.36. The predicted molar refractivity (Wildman–Crippen MR) is 81.6 cm³/mol. The van der Waals surface area contributed by atoms with Crippen molar-refractivity contribution in [1.29, 1.82) is 0 Å². The zero-order valence-corrected chi connectivity index (χ0v) is 12.2. The zero-order chi connectivity index (χ0) is 14.9. The second kappa shape index (κ2) is 5.20. The molecule has 0 amide bonds. The first-order valence-electron chi connectivity index (χ1n) is 7.00. The molecule has 0 radical (unpaired) electrons. The molecule has 2 aromatic rings. The SMILES string of the molecule is CN1CC(C)(CC(=O)Oc2ccccc2)c2ccncc21. The lowest BCUT2D eigenvalue weighted by atomic mass is 9.82. The van der Waals surface area contributed by atoms with Gasteiger partial charge < -0.3 is 9.64 Å². The highest BCUT2D eigenvalue weighted by atomic mass is 16.5. The van der Waals surface area contributed by atoms with Crippen LogP contribution in [0.25, 0.3) is 0 Å². The van der Waals surface area contributed by atoms with Crippen molar-refractivity contribution in [2.24, 2.45) is 0 Å². The smallest absolute Gasteiger partial charge is 0.312 e. The molecule has 0 saturated carbocycles. The van der Waals surface area contributed by atoms with Gasteiger partial charge in [-0.05, 0) is 23.8 Å². The number of para-hydroxylation sites is 1. The highest BCUT2D eigenvalue weighted by Gasteiger charge is 2.39. The van der Waals surface area contributed by atoms with E-state index in [1.807, 2.05) is 37.5 Å². The second-order valence-electron chi connectivity index (χ2n) is 5.77. The van der Waals surface area contributed by atoms with Crippen molar-refractivity contribution < 1.29 is 9.53 Å². The van der Waals surface area contributed by atoms with Gasteiger partial charge in [-0.3, -0.25) is 9.78 Å². The number of ether oxygens (including phenoxy) is 1. The van der Waals surface area contributed by atoms with Crippen molar-refractivity contribution in [2.75, 3.05) is 18.5 Å². The Balaban J connectivity index is 1.77. The van der Waals surface area contributed by atoms with Crippen LogP contribution >= 0.6 is 0 Å². The molecule has 0 fully saturated rings. The van der Waals surface area contributed by atoms with Crippen molar-refractivity contribution in [1.82, 2.24) is 4.98 Å². The van der Waals surface area contributed by atoms with Gasteiger partial charge in [-0.1, -0.05) is 25.1 Å². The molecule has 0 spiro atoms. The fourth-order valence-corrected chi connectivity index (χ4v) is 3.02. The molecule has 0 bridgehead atoms. The third-order valence-electron chi connectivity index (χ3n) is 3.96. The average molecular weight is 282 g/mol. The van der Waals surface area contributed by atoms with Crippen molar-refractivity contribution >= 4 is 11.7 Å². The van der Waals surface area contributed by atoms with Crippen LogP contribution in [0.2, 0.25) is 0 Å². The number of hydrogen-bond donors (Lipinski definition) is 0. The van der Waals surface area contributed by atoms with Crippen LogP contribution in [0.5, 0.6) is 5.75 Å². The van der Waals surface area contributed by atoms with Crippen LogP contribution in [0.3, 0.4) is 0 Å². The lowest BCUT2D eigenvalue weighted by Gasteiger charge is -2.23. The number of carbonyl (C=O) groups excluding carboxylic acids is 1. The number of benzene rings is 1. The minimum atomic E-state index is -0.237. The van der Waals surface area contributed by atoms with Crippen LogP contribution in [-0.4, -0.2) is 24.5 Å². The number of carbonyl (C=O) groups is 1. The maximum atomic E-state index is 12.2. The zero-order valence-electron chi connectivity index (χ0n) is 12.2. The number of nitrogens with zero attached hydrogens (tertiary/aromatic N) is 2. The third-order valence-corrected chi connectivity index (χ3v) is 3.96. The molecular weight excluding hydrogens is 264 g/mol. The van der Waals surface area contributed by atoms with E-state index in [2.05, 4.69) is 16.8 Å². The standard InChI is InChI=1S/C17H18N2O2/c1-17(10-16(20)21-13-6-4-3-5-7-13)12-19(2)15-11-18-9-8-14(15)17/h3-9,11H,10,12H2,1-2H3. The van der Waals surface area contributed by atoms with Gasteiger partial charge in [0.15, 0.2) is 0 Å². The topological polar surface area (TPSA) is 42.4 Å². The summed E-state index contributed by atoms with van der Waals surface area (Å²) in [5.41, 5.74) is 2.01. The molecule has 0 N–H and O–H groups in total. The molecule has 0 aliphatic carbocycles. The van der Waals surface area contributed by atoms with E-state index in [0.717, 1.165) is 17.8 Å². The van der Waals surface area contributed by atoms with Crippen molar-refractivity contribution in [3.63, 3.8) is 0 Å². The van der Waals surface area contributed by atoms with Crippen LogP contribution < -0.4 is 9.64 Å². The Morgan fingerprint density at radius 2 is 2.10 bits per heavy atom. The van der Waals surface area contributed by atoms with Gasteiger partial charge in [-0.15, -0.1) is 0 Å². The summed E-state index contributed by atoms with van der Waals surface area (Å²) < 4.78 is 5.42. The van der Waals surface area contributed by atoms with Gasteiger partial charge in [0.05, 0.1) is 18.3 Å². The number of fused-ring (bicyclic) bond motifs is 1. The summed E-state index contributed by atoms with van der Waals surface area (Å²) in [4.78, 5) is 18.5. The van der Waals surface area contributed by atoms with Crippen LogP contribution in [0.1, 0.15) is 18.9 Å². The van der Waals surface area contributed by atoms with Gasteiger partial charge >= 0.3 is 5.97 Å². The molecular formula is C17H18N2O2. The summed E-state index contributed by atoms with van der Waals surface area (Å²) >= 11 is 0. The molecule has 108 valence electrons.